The van der Waals surface area contributed by atoms with Gasteiger partial charge in [0.1, 0.15) is 0 Å². The molecule has 0 bridgehead atoms. The Kier molecular flexibility index (Phi) is 5.70. The average molecular weight is 266 g/mol. The summed E-state index contributed by atoms with van der Waals surface area (Å²) in [5, 5.41) is 3.81. The van der Waals surface area contributed by atoms with Gasteiger partial charge in [0.05, 0.1) is 0 Å². The fourth-order valence-corrected chi connectivity index (χ4v) is 3.56. The summed E-state index contributed by atoms with van der Waals surface area (Å²) in [6.45, 7) is 13.3. The molecule has 2 fully saturated rings. The first-order valence-electron chi connectivity index (χ1n) is 8.59. The van der Waals surface area contributed by atoms with Gasteiger partial charge in [-0.1, -0.05) is 53.4 Å². The van der Waals surface area contributed by atoms with Gasteiger partial charge in [-0.05, 0) is 30.7 Å². The van der Waals surface area contributed by atoms with Crippen molar-refractivity contribution in [3.63, 3.8) is 0 Å². The third-order valence-corrected chi connectivity index (χ3v) is 5.64. The first kappa shape index (κ1) is 15.3. The van der Waals surface area contributed by atoms with Crippen LogP contribution in [0.4, 0.5) is 0 Å². The number of nitrogens with one attached hydrogen (secondary N) is 1. The molecule has 0 spiro atoms. The molecule has 1 saturated carbocycles. The Balaban J connectivity index is 1.87. The SMILES string of the molecule is CCC(C)C1CN(CCC2CCC2)C(C(C)C)CN1. The lowest BCUT2D eigenvalue weighted by Crippen LogP contribution is -2.60. The molecule has 2 heteroatoms. The van der Waals surface area contributed by atoms with Crippen LogP contribution in [-0.4, -0.2) is 36.6 Å². The Bertz CT molecular complexity index is 260. The highest BCUT2D eigenvalue weighted by molar-refractivity contribution is 4.90. The van der Waals surface area contributed by atoms with Crippen LogP contribution >= 0.6 is 0 Å². The monoisotopic (exact) mass is 266 g/mol. The summed E-state index contributed by atoms with van der Waals surface area (Å²) < 4.78 is 0. The van der Waals surface area contributed by atoms with Crippen molar-refractivity contribution in [1.82, 2.24) is 10.2 Å². The van der Waals surface area contributed by atoms with Gasteiger partial charge < -0.3 is 5.32 Å². The molecule has 1 aliphatic carbocycles. The lowest BCUT2D eigenvalue weighted by molar-refractivity contribution is 0.0716. The van der Waals surface area contributed by atoms with Gasteiger partial charge in [0.25, 0.3) is 0 Å². The molecule has 0 aromatic carbocycles. The largest absolute Gasteiger partial charge is 0.311 e. The van der Waals surface area contributed by atoms with Gasteiger partial charge in [0.2, 0.25) is 0 Å². The maximum Gasteiger partial charge on any atom is 0.0244 e. The van der Waals surface area contributed by atoms with Gasteiger partial charge >= 0.3 is 0 Å². The van der Waals surface area contributed by atoms with Crippen LogP contribution in [-0.2, 0) is 0 Å². The van der Waals surface area contributed by atoms with Crippen molar-refractivity contribution in [3.8, 4) is 0 Å². The zero-order chi connectivity index (χ0) is 13.8. The predicted molar refractivity (Wildman–Crippen MR) is 83.4 cm³/mol. The quantitative estimate of drug-likeness (QED) is 0.791. The van der Waals surface area contributed by atoms with E-state index in [9.17, 15) is 0 Å². The molecule has 0 aromatic heterocycles. The van der Waals surface area contributed by atoms with Gasteiger partial charge in [-0.2, -0.15) is 0 Å². The normalized spacial score (nSPS) is 31.4. The topological polar surface area (TPSA) is 15.3 Å². The minimum Gasteiger partial charge on any atom is -0.311 e. The standard InChI is InChI=1S/C17H34N2/c1-5-14(4)16-12-19(10-9-15-7-6-8-15)17(11-18-16)13(2)3/h13-18H,5-12H2,1-4H3. The Hall–Kier alpha value is -0.0800. The molecule has 0 aromatic rings. The van der Waals surface area contributed by atoms with Gasteiger partial charge in [0, 0.05) is 25.2 Å². The minimum absolute atomic E-state index is 0.710. The molecule has 3 unspecified atom stereocenters. The van der Waals surface area contributed by atoms with Crippen molar-refractivity contribution in [2.24, 2.45) is 17.8 Å². The van der Waals surface area contributed by atoms with E-state index < -0.39 is 0 Å². The number of nitrogens with zero attached hydrogens (tertiary/aromatic N) is 1. The summed E-state index contributed by atoms with van der Waals surface area (Å²) in [5.74, 6) is 2.62. The van der Waals surface area contributed by atoms with E-state index in [1.165, 1.54) is 51.7 Å². The zero-order valence-electron chi connectivity index (χ0n) is 13.5. The summed E-state index contributed by atoms with van der Waals surface area (Å²) in [7, 11) is 0. The highest BCUT2D eigenvalue weighted by atomic mass is 15.2. The smallest absolute Gasteiger partial charge is 0.0244 e. The van der Waals surface area contributed by atoms with Crippen LogP contribution in [0, 0.1) is 17.8 Å². The van der Waals surface area contributed by atoms with Crippen LogP contribution in [0.15, 0.2) is 0 Å². The van der Waals surface area contributed by atoms with Crippen LogP contribution in [0.25, 0.3) is 0 Å². The van der Waals surface area contributed by atoms with E-state index in [0.29, 0.717) is 6.04 Å². The molecule has 2 aliphatic rings. The second kappa shape index (κ2) is 7.08. The molecule has 2 rings (SSSR count). The Morgan fingerprint density at radius 3 is 2.47 bits per heavy atom. The first-order valence-corrected chi connectivity index (χ1v) is 8.59. The summed E-state index contributed by atoms with van der Waals surface area (Å²) in [6.07, 6.45) is 7.20. The second-order valence-corrected chi connectivity index (χ2v) is 7.29. The van der Waals surface area contributed by atoms with Gasteiger partial charge in [-0.3, -0.25) is 4.90 Å². The van der Waals surface area contributed by atoms with Crippen molar-refractivity contribution < 1.29 is 0 Å². The summed E-state index contributed by atoms with van der Waals surface area (Å²) in [6, 6.07) is 1.46. The van der Waals surface area contributed by atoms with E-state index in [4.69, 9.17) is 0 Å². The van der Waals surface area contributed by atoms with E-state index in [1.54, 1.807) is 0 Å². The Morgan fingerprint density at radius 1 is 1.21 bits per heavy atom. The number of rotatable bonds is 6. The molecular formula is C17H34N2. The van der Waals surface area contributed by atoms with Crippen LogP contribution in [0.2, 0.25) is 0 Å². The van der Waals surface area contributed by atoms with Crippen molar-refractivity contribution in [2.75, 3.05) is 19.6 Å². The maximum atomic E-state index is 3.81. The van der Waals surface area contributed by atoms with E-state index in [2.05, 4.69) is 37.9 Å². The average Bonchev–Trinajstić information content (AvgIpc) is 2.35. The van der Waals surface area contributed by atoms with Crippen LogP contribution in [0.5, 0.6) is 0 Å². The minimum atomic E-state index is 0.710. The fourth-order valence-electron chi connectivity index (χ4n) is 3.56. The predicted octanol–water partition coefficient (Wildman–Crippen LogP) is 3.52. The molecule has 0 amide bonds. The number of piperazine rings is 1. The van der Waals surface area contributed by atoms with E-state index in [0.717, 1.165) is 23.8 Å². The third-order valence-electron chi connectivity index (χ3n) is 5.64. The molecular weight excluding hydrogens is 232 g/mol. The molecule has 19 heavy (non-hydrogen) atoms. The second-order valence-electron chi connectivity index (χ2n) is 7.29. The molecule has 0 radical (unpaired) electrons. The molecule has 1 aliphatic heterocycles. The number of hydrogen-bond acceptors (Lipinski definition) is 2. The van der Waals surface area contributed by atoms with E-state index in [1.807, 2.05) is 0 Å². The van der Waals surface area contributed by atoms with Crippen LogP contribution in [0.1, 0.15) is 59.8 Å². The van der Waals surface area contributed by atoms with Crippen molar-refractivity contribution in [2.45, 2.75) is 71.9 Å². The molecule has 1 saturated heterocycles. The lowest BCUT2D eigenvalue weighted by atomic mass is 9.82. The third kappa shape index (κ3) is 3.95. The van der Waals surface area contributed by atoms with E-state index in [-0.39, 0.29) is 0 Å². The van der Waals surface area contributed by atoms with Crippen LogP contribution < -0.4 is 5.32 Å². The fraction of sp³-hybridized carbons (Fsp3) is 1.00. The molecule has 2 nitrogen and oxygen atoms in total. The van der Waals surface area contributed by atoms with Gasteiger partial charge in [-0.15, -0.1) is 0 Å². The summed E-state index contributed by atoms with van der Waals surface area (Å²) >= 11 is 0. The van der Waals surface area contributed by atoms with Gasteiger partial charge in [-0.25, -0.2) is 0 Å². The molecule has 3 atom stereocenters. The van der Waals surface area contributed by atoms with Gasteiger partial charge in [0.15, 0.2) is 0 Å². The summed E-state index contributed by atoms with van der Waals surface area (Å²) in [4.78, 5) is 2.80. The van der Waals surface area contributed by atoms with E-state index >= 15 is 0 Å². The highest BCUT2D eigenvalue weighted by Gasteiger charge is 2.32. The van der Waals surface area contributed by atoms with Crippen molar-refractivity contribution in [1.29, 1.82) is 0 Å². The number of hydrogen-bond donors (Lipinski definition) is 1. The zero-order valence-corrected chi connectivity index (χ0v) is 13.5. The molecule has 1 heterocycles. The first-order chi connectivity index (χ1) is 9.11. The van der Waals surface area contributed by atoms with Crippen molar-refractivity contribution >= 4 is 0 Å². The molecule has 112 valence electrons. The molecule has 1 N–H and O–H groups in total. The lowest BCUT2D eigenvalue weighted by Gasteiger charge is -2.45. The summed E-state index contributed by atoms with van der Waals surface area (Å²) in [5.41, 5.74) is 0. The van der Waals surface area contributed by atoms with Crippen LogP contribution in [0.3, 0.4) is 0 Å². The Labute approximate surface area is 120 Å². The Morgan fingerprint density at radius 2 is 1.95 bits per heavy atom. The maximum absolute atomic E-state index is 3.81. The highest BCUT2D eigenvalue weighted by Crippen LogP contribution is 2.30. The van der Waals surface area contributed by atoms with Crippen molar-refractivity contribution in [3.05, 3.63) is 0 Å².